The van der Waals surface area contributed by atoms with Crippen molar-refractivity contribution in [2.45, 2.75) is 6.92 Å². The number of carbonyl (C=O) groups is 1. The predicted molar refractivity (Wildman–Crippen MR) is 160 cm³/mol. The second-order valence-electron chi connectivity index (χ2n) is 9.96. The number of hydrogen-bond donors (Lipinski definition) is 0. The van der Waals surface area contributed by atoms with Gasteiger partial charge in [-0.2, -0.15) is 0 Å². The van der Waals surface area contributed by atoms with E-state index >= 15 is 0 Å². The van der Waals surface area contributed by atoms with Crippen molar-refractivity contribution in [3.63, 3.8) is 0 Å². The number of rotatable bonds is 6. The summed E-state index contributed by atoms with van der Waals surface area (Å²) in [7, 11) is 0. The average Bonchev–Trinajstić information content (AvgIpc) is 3.40. The first kappa shape index (κ1) is 25.9. The van der Waals surface area contributed by atoms with Crippen molar-refractivity contribution in [1.82, 2.24) is 19.4 Å². The van der Waals surface area contributed by atoms with Crippen LogP contribution in [0.25, 0.3) is 33.9 Å². The summed E-state index contributed by atoms with van der Waals surface area (Å²) in [6.07, 6.45) is 6.85. The number of carbonyl (C=O) groups excluding carboxylic acids is 1. The number of anilines is 1. The number of nitrogens with zero attached hydrogens (tertiary/aromatic N) is 6. The van der Waals surface area contributed by atoms with E-state index < -0.39 is 4.92 Å². The first-order valence-electron chi connectivity index (χ1n) is 13.4. The second-order valence-corrected chi connectivity index (χ2v) is 9.96. The van der Waals surface area contributed by atoms with Gasteiger partial charge in [0, 0.05) is 61.8 Å². The zero-order valence-corrected chi connectivity index (χ0v) is 22.6. The van der Waals surface area contributed by atoms with Crippen LogP contribution >= 0.6 is 0 Å². The molecule has 0 spiro atoms. The number of aryl methyl sites for hydroxylation is 1. The van der Waals surface area contributed by atoms with E-state index in [4.69, 9.17) is 9.97 Å². The van der Waals surface area contributed by atoms with Crippen molar-refractivity contribution in [3.05, 3.63) is 119 Å². The standard InChI is InChI=1S/C32H28N6O3/c1-23-8-5-6-13-28(23)37-21-27(25-10-3-2-4-11-25)30-31(33-22-34-32(30)37)36-18-16-35(17-19-36)29(39)15-14-24-9-7-12-26(20-24)38(40)41/h2-15,20-22H,16-19H2,1H3/b15-14+. The molecular formula is C32H28N6O3. The minimum Gasteiger partial charge on any atom is -0.352 e. The van der Waals surface area contributed by atoms with Crippen LogP contribution in [-0.2, 0) is 4.79 Å². The third-order valence-corrected chi connectivity index (χ3v) is 7.41. The monoisotopic (exact) mass is 544 g/mol. The summed E-state index contributed by atoms with van der Waals surface area (Å²) in [5.41, 5.74) is 5.79. The molecule has 1 fully saturated rings. The molecule has 41 heavy (non-hydrogen) atoms. The first-order chi connectivity index (χ1) is 20.0. The molecule has 9 nitrogen and oxygen atoms in total. The molecule has 0 saturated carbocycles. The molecule has 1 aliphatic heterocycles. The molecule has 3 aromatic carbocycles. The summed E-state index contributed by atoms with van der Waals surface area (Å²) in [6.45, 7) is 4.39. The number of non-ortho nitro benzene ring substituents is 1. The van der Waals surface area contributed by atoms with Crippen LogP contribution < -0.4 is 4.90 Å². The quantitative estimate of drug-likeness (QED) is 0.155. The van der Waals surface area contributed by atoms with Crippen molar-refractivity contribution in [2.24, 2.45) is 0 Å². The fourth-order valence-corrected chi connectivity index (χ4v) is 5.29. The Balaban J connectivity index is 1.28. The van der Waals surface area contributed by atoms with E-state index in [1.165, 1.54) is 18.2 Å². The summed E-state index contributed by atoms with van der Waals surface area (Å²) in [6, 6.07) is 24.7. The predicted octanol–water partition coefficient (Wildman–Crippen LogP) is 5.67. The molecule has 3 heterocycles. The molecule has 2 aromatic heterocycles. The van der Waals surface area contributed by atoms with Crippen LogP contribution in [0.1, 0.15) is 11.1 Å². The van der Waals surface area contributed by atoms with Gasteiger partial charge in [0.2, 0.25) is 5.91 Å². The van der Waals surface area contributed by atoms with Crippen LogP contribution in [-0.4, -0.2) is 56.4 Å². The normalized spacial score (nSPS) is 13.7. The highest BCUT2D eigenvalue weighted by Crippen LogP contribution is 2.37. The summed E-state index contributed by atoms with van der Waals surface area (Å²) in [4.78, 5) is 37.0. The van der Waals surface area contributed by atoms with E-state index in [1.807, 2.05) is 30.3 Å². The van der Waals surface area contributed by atoms with Gasteiger partial charge < -0.3 is 14.4 Å². The van der Waals surface area contributed by atoms with Gasteiger partial charge in [-0.25, -0.2) is 9.97 Å². The summed E-state index contributed by atoms with van der Waals surface area (Å²) in [5.74, 6) is 0.722. The van der Waals surface area contributed by atoms with Gasteiger partial charge in [0.05, 0.1) is 10.3 Å². The number of nitro benzene ring substituents is 1. The Labute approximate surface area is 237 Å². The Kier molecular flexibility index (Phi) is 6.99. The molecule has 0 unspecified atom stereocenters. The Hall–Kier alpha value is -5.31. The van der Waals surface area contributed by atoms with Gasteiger partial charge in [-0.1, -0.05) is 60.7 Å². The fraction of sp³-hybridized carbons (Fsp3) is 0.156. The van der Waals surface area contributed by atoms with Crippen LogP contribution in [0.3, 0.4) is 0 Å². The molecule has 1 amide bonds. The van der Waals surface area contributed by atoms with E-state index in [2.05, 4.69) is 46.9 Å². The van der Waals surface area contributed by atoms with Gasteiger partial charge in [0.25, 0.3) is 5.69 Å². The smallest absolute Gasteiger partial charge is 0.270 e. The molecule has 0 bridgehead atoms. The highest BCUT2D eigenvalue weighted by Gasteiger charge is 2.25. The fourth-order valence-electron chi connectivity index (χ4n) is 5.29. The second kappa shape index (κ2) is 11.1. The summed E-state index contributed by atoms with van der Waals surface area (Å²) in [5, 5.41) is 12.0. The molecular weight excluding hydrogens is 516 g/mol. The molecule has 1 saturated heterocycles. The molecule has 0 N–H and O–H groups in total. The minimum absolute atomic E-state index is 0.00416. The number of amides is 1. The number of benzene rings is 3. The lowest BCUT2D eigenvalue weighted by molar-refractivity contribution is -0.384. The van der Waals surface area contributed by atoms with E-state index in [1.54, 1.807) is 29.4 Å². The number of aromatic nitrogens is 3. The SMILES string of the molecule is Cc1ccccc1-n1cc(-c2ccccc2)c2c(N3CCN(C(=O)/C=C/c4cccc([N+](=O)[O-])c4)CC3)ncnc21. The first-order valence-corrected chi connectivity index (χ1v) is 13.4. The van der Waals surface area contributed by atoms with Gasteiger partial charge >= 0.3 is 0 Å². The van der Waals surface area contributed by atoms with Crippen LogP contribution in [0.5, 0.6) is 0 Å². The van der Waals surface area contributed by atoms with Gasteiger partial charge in [-0.3, -0.25) is 14.9 Å². The van der Waals surface area contributed by atoms with Crippen LogP contribution in [0, 0.1) is 17.0 Å². The topological polar surface area (TPSA) is 97.4 Å². The maximum atomic E-state index is 12.9. The molecule has 0 atom stereocenters. The third kappa shape index (κ3) is 5.17. The lowest BCUT2D eigenvalue weighted by atomic mass is 10.1. The van der Waals surface area contributed by atoms with Crippen LogP contribution in [0.15, 0.2) is 97.5 Å². The number of fused-ring (bicyclic) bond motifs is 1. The van der Waals surface area contributed by atoms with Gasteiger partial charge in [-0.15, -0.1) is 0 Å². The van der Waals surface area contributed by atoms with Gasteiger partial charge in [0.1, 0.15) is 12.1 Å². The van der Waals surface area contributed by atoms with Crippen molar-refractivity contribution >= 4 is 34.5 Å². The van der Waals surface area contributed by atoms with Crippen molar-refractivity contribution in [2.75, 3.05) is 31.1 Å². The average molecular weight is 545 g/mol. The Morgan fingerprint density at radius 3 is 2.44 bits per heavy atom. The molecule has 6 rings (SSSR count). The minimum atomic E-state index is -0.444. The molecule has 0 aliphatic carbocycles. The summed E-state index contributed by atoms with van der Waals surface area (Å²) < 4.78 is 2.14. The van der Waals surface area contributed by atoms with Crippen molar-refractivity contribution < 1.29 is 9.72 Å². The highest BCUT2D eigenvalue weighted by molar-refractivity contribution is 6.02. The molecule has 9 heteroatoms. The zero-order valence-electron chi connectivity index (χ0n) is 22.6. The van der Waals surface area contributed by atoms with E-state index in [0.717, 1.165) is 39.2 Å². The lowest BCUT2D eigenvalue weighted by Gasteiger charge is -2.35. The number of para-hydroxylation sites is 1. The molecule has 0 radical (unpaired) electrons. The van der Waals surface area contributed by atoms with Crippen LogP contribution in [0.2, 0.25) is 0 Å². The number of hydrogen-bond acceptors (Lipinski definition) is 6. The zero-order chi connectivity index (χ0) is 28.3. The van der Waals surface area contributed by atoms with Crippen LogP contribution in [0.4, 0.5) is 11.5 Å². The molecule has 5 aromatic rings. The number of piperazine rings is 1. The Morgan fingerprint density at radius 2 is 1.68 bits per heavy atom. The van der Waals surface area contributed by atoms with Gasteiger partial charge in [0.15, 0.2) is 5.65 Å². The molecule has 204 valence electrons. The van der Waals surface area contributed by atoms with Crippen molar-refractivity contribution in [1.29, 1.82) is 0 Å². The summed E-state index contributed by atoms with van der Waals surface area (Å²) >= 11 is 0. The maximum Gasteiger partial charge on any atom is 0.270 e. The van der Waals surface area contributed by atoms with E-state index in [0.29, 0.717) is 31.7 Å². The third-order valence-electron chi connectivity index (χ3n) is 7.41. The largest absolute Gasteiger partial charge is 0.352 e. The van der Waals surface area contributed by atoms with E-state index in [9.17, 15) is 14.9 Å². The molecule has 1 aliphatic rings. The van der Waals surface area contributed by atoms with E-state index in [-0.39, 0.29) is 11.6 Å². The number of nitro groups is 1. The Bertz CT molecular complexity index is 1770. The van der Waals surface area contributed by atoms with Gasteiger partial charge in [-0.05, 0) is 35.8 Å². The maximum absolute atomic E-state index is 12.9. The lowest BCUT2D eigenvalue weighted by Crippen LogP contribution is -2.48. The van der Waals surface area contributed by atoms with Crippen molar-refractivity contribution in [3.8, 4) is 16.8 Å². The highest BCUT2D eigenvalue weighted by atomic mass is 16.6. The Morgan fingerprint density at radius 1 is 0.927 bits per heavy atom.